The van der Waals surface area contributed by atoms with Crippen molar-refractivity contribution in [1.82, 2.24) is 9.88 Å². The number of nitrogens with one attached hydrogen (secondary N) is 1. The number of amides is 2. The number of carbonyl (C=O) groups excluding carboxylic acids is 1. The van der Waals surface area contributed by atoms with Crippen molar-refractivity contribution in [2.45, 2.75) is 24.9 Å². The predicted octanol–water partition coefficient (Wildman–Crippen LogP) is 2.76. The molecule has 2 amide bonds. The number of rotatable bonds is 3. The number of halogens is 3. The third kappa shape index (κ3) is 4.09. The molecule has 0 aliphatic carbocycles. The van der Waals surface area contributed by atoms with E-state index in [9.17, 15) is 22.8 Å². The van der Waals surface area contributed by atoms with Gasteiger partial charge in [0.15, 0.2) is 5.13 Å². The van der Waals surface area contributed by atoms with Gasteiger partial charge in [-0.1, -0.05) is 0 Å². The fourth-order valence-corrected chi connectivity index (χ4v) is 4.03. The van der Waals surface area contributed by atoms with Crippen LogP contribution in [0.15, 0.2) is 5.38 Å². The second kappa shape index (κ2) is 7.39. The molecule has 2 N–H and O–H groups in total. The molecule has 0 radical (unpaired) electrons. The van der Waals surface area contributed by atoms with Crippen molar-refractivity contribution < 1.29 is 32.6 Å². The highest BCUT2D eigenvalue weighted by atomic mass is 32.1. The molecule has 2 saturated heterocycles. The van der Waals surface area contributed by atoms with E-state index in [1.807, 2.05) is 5.38 Å². The lowest BCUT2D eigenvalue weighted by Gasteiger charge is -2.20. The minimum absolute atomic E-state index is 0.239. The van der Waals surface area contributed by atoms with Crippen LogP contribution in [-0.4, -0.2) is 59.5 Å². The van der Waals surface area contributed by atoms with Crippen LogP contribution in [0, 0.1) is 11.8 Å². The monoisotopic (exact) mass is 393 g/mol. The second-order valence-electron chi connectivity index (χ2n) is 6.39. The van der Waals surface area contributed by atoms with Crippen molar-refractivity contribution in [2.24, 2.45) is 11.8 Å². The van der Waals surface area contributed by atoms with Gasteiger partial charge >= 0.3 is 18.2 Å². The molecule has 144 valence electrons. The van der Waals surface area contributed by atoms with Crippen LogP contribution in [0.25, 0.3) is 0 Å². The zero-order chi connectivity index (χ0) is 18.9. The van der Waals surface area contributed by atoms with Crippen LogP contribution >= 0.6 is 11.3 Å². The van der Waals surface area contributed by atoms with Gasteiger partial charge in [-0.05, 0) is 12.8 Å². The zero-order valence-electron chi connectivity index (χ0n) is 13.7. The molecule has 7 nitrogen and oxygen atoms in total. The molecule has 26 heavy (non-hydrogen) atoms. The Morgan fingerprint density at radius 1 is 1.31 bits per heavy atom. The van der Waals surface area contributed by atoms with E-state index in [1.54, 1.807) is 0 Å². The van der Waals surface area contributed by atoms with Gasteiger partial charge < -0.3 is 14.7 Å². The molecule has 0 bridgehead atoms. The molecule has 0 spiro atoms. The number of urea groups is 1. The molecule has 2 fully saturated rings. The van der Waals surface area contributed by atoms with Crippen molar-refractivity contribution >= 4 is 28.5 Å². The first-order valence-corrected chi connectivity index (χ1v) is 9.02. The quantitative estimate of drug-likeness (QED) is 0.824. The van der Waals surface area contributed by atoms with Gasteiger partial charge in [-0.25, -0.2) is 9.78 Å². The van der Waals surface area contributed by atoms with Crippen LogP contribution < -0.4 is 5.32 Å². The Bertz CT molecular complexity index is 675. The average Bonchev–Trinajstić information content (AvgIpc) is 3.22. The normalized spacial score (nSPS) is 24.7. The van der Waals surface area contributed by atoms with Gasteiger partial charge in [0.1, 0.15) is 0 Å². The Kier molecular flexibility index (Phi) is 5.37. The first-order valence-electron chi connectivity index (χ1n) is 8.14. The number of nitrogens with zero attached hydrogens (tertiary/aromatic N) is 2. The molecule has 11 heteroatoms. The number of thiazole rings is 1. The highest BCUT2D eigenvalue weighted by molar-refractivity contribution is 7.13. The molecule has 1 aromatic heterocycles. The Morgan fingerprint density at radius 2 is 2.00 bits per heavy atom. The molecular weight excluding hydrogens is 375 g/mol. The standard InChI is InChI=1S/C15H18F3N3O4S/c16-15(17,18)10-6-21(5-9(10)12(22)23)14(24)20-13-19-11(7-26-13)8-1-3-25-4-2-8/h7-10H,1-6H2,(H,22,23)(H,19,20,24)/t9-,10-/m1/s1. The molecular formula is C15H18F3N3O4S. The van der Waals surface area contributed by atoms with Crippen molar-refractivity contribution in [3.63, 3.8) is 0 Å². The van der Waals surface area contributed by atoms with E-state index in [1.165, 1.54) is 11.3 Å². The summed E-state index contributed by atoms with van der Waals surface area (Å²) in [4.78, 5) is 28.5. The van der Waals surface area contributed by atoms with Gasteiger partial charge in [0.05, 0.1) is 17.5 Å². The summed E-state index contributed by atoms with van der Waals surface area (Å²) in [7, 11) is 0. The summed E-state index contributed by atoms with van der Waals surface area (Å²) in [6.07, 6.45) is -3.01. The third-order valence-corrected chi connectivity index (χ3v) is 5.50. The highest BCUT2D eigenvalue weighted by Gasteiger charge is 2.53. The summed E-state index contributed by atoms with van der Waals surface area (Å²) in [6.45, 7) is 0.133. The number of carboxylic acids is 1. The molecule has 0 saturated carbocycles. The van der Waals surface area contributed by atoms with E-state index in [2.05, 4.69) is 10.3 Å². The van der Waals surface area contributed by atoms with Gasteiger partial charge in [-0.3, -0.25) is 10.1 Å². The van der Waals surface area contributed by atoms with Crippen LogP contribution in [0.3, 0.4) is 0 Å². The van der Waals surface area contributed by atoms with Crippen LogP contribution in [0.1, 0.15) is 24.5 Å². The molecule has 3 rings (SSSR count). The summed E-state index contributed by atoms with van der Waals surface area (Å²) >= 11 is 1.19. The molecule has 0 aromatic carbocycles. The van der Waals surface area contributed by atoms with E-state index < -0.39 is 43.1 Å². The van der Waals surface area contributed by atoms with Gasteiger partial charge in [0.25, 0.3) is 0 Å². The fourth-order valence-electron chi connectivity index (χ4n) is 3.25. The fraction of sp³-hybridized carbons (Fsp3) is 0.667. The number of alkyl halides is 3. The number of carboxylic acid groups (broad SMARTS) is 1. The maximum absolute atomic E-state index is 13.0. The second-order valence-corrected chi connectivity index (χ2v) is 7.25. The van der Waals surface area contributed by atoms with E-state index in [4.69, 9.17) is 9.84 Å². The molecule has 2 aliphatic rings. The smallest absolute Gasteiger partial charge is 0.394 e. The largest absolute Gasteiger partial charge is 0.481 e. The van der Waals surface area contributed by atoms with Crippen molar-refractivity contribution in [2.75, 3.05) is 31.6 Å². The summed E-state index contributed by atoms with van der Waals surface area (Å²) in [5, 5.41) is 13.6. The Balaban J connectivity index is 1.63. The lowest BCUT2D eigenvalue weighted by atomic mass is 9.96. The summed E-state index contributed by atoms with van der Waals surface area (Å²) < 4.78 is 44.3. The Morgan fingerprint density at radius 3 is 2.58 bits per heavy atom. The zero-order valence-corrected chi connectivity index (χ0v) is 14.5. The van der Waals surface area contributed by atoms with Crippen LogP contribution in [0.2, 0.25) is 0 Å². The number of likely N-dealkylation sites (tertiary alicyclic amines) is 1. The minimum atomic E-state index is -4.67. The first-order chi connectivity index (χ1) is 12.3. The van der Waals surface area contributed by atoms with Crippen LogP contribution in [-0.2, 0) is 9.53 Å². The third-order valence-electron chi connectivity index (χ3n) is 4.72. The molecule has 0 unspecified atom stereocenters. The average molecular weight is 393 g/mol. The lowest BCUT2D eigenvalue weighted by molar-refractivity contribution is -0.187. The van der Waals surface area contributed by atoms with E-state index in [0.29, 0.717) is 18.3 Å². The summed E-state index contributed by atoms with van der Waals surface area (Å²) in [5.41, 5.74) is 0.826. The lowest BCUT2D eigenvalue weighted by Crippen LogP contribution is -2.35. The first kappa shape index (κ1) is 18.9. The van der Waals surface area contributed by atoms with Crippen LogP contribution in [0.5, 0.6) is 0 Å². The van der Waals surface area contributed by atoms with Crippen LogP contribution in [0.4, 0.5) is 23.1 Å². The van der Waals surface area contributed by atoms with E-state index in [-0.39, 0.29) is 5.92 Å². The maximum Gasteiger partial charge on any atom is 0.394 e. The number of carbonyl (C=O) groups is 2. The van der Waals surface area contributed by atoms with Crippen molar-refractivity contribution in [3.8, 4) is 0 Å². The predicted molar refractivity (Wildman–Crippen MR) is 86.2 cm³/mol. The number of aliphatic carboxylic acids is 1. The number of anilines is 1. The number of aromatic nitrogens is 1. The van der Waals surface area contributed by atoms with Gasteiger partial charge in [-0.2, -0.15) is 13.2 Å². The molecule has 1 aromatic rings. The molecule has 2 atom stereocenters. The SMILES string of the molecule is O=C(O)[C@@H]1CN(C(=O)Nc2nc(C3CCOCC3)cs2)C[C@H]1C(F)(F)F. The van der Waals surface area contributed by atoms with Gasteiger partial charge in [0, 0.05) is 37.6 Å². The summed E-state index contributed by atoms with van der Waals surface area (Å²) in [6, 6.07) is -0.768. The van der Waals surface area contributed by atoms with Crippen molar-refractivity contribution in [1.29, 1.82) is 0 Å². The topological polar surface area (TPSA) is 91.8 Å². The Labute approximate surface area is 151 Å². The van der Waals surface area contributed by atoms with E-state index >= 15 is 0 Å². The molecule has 3 heterocycles. The van der Waals surface area contributed by atoms with Crippen molar-refractivity contribution in [3.05, 3.63) is 11.1 Å². The van der Waals surface area contributed by atoms with Gasteiger partial charge in [-0.15, -0.1) is 11.3 Å². The number of ether oxygens (including phenoxy) is 1. The maximum atomic E-state index is 13.0. The minimum Gasteiger partial charge on any atom is -0.481 e. The van der Waals surface area contributed by atoms with E-state index in [0.717, 1.165) is 23.4 Å². The number of hydrogen-bond donors (Lipinski definition) is 2. The van der Waals surface area contributed by atoms with Gasteiger partial charge in [0.2, 0.25) is 0 Å². The summed E-state index contributed by atoms with van der Waals surface area (Å²) in [5.74, 6) is -5.04. The number of hydrogen-bond acceptors (Lipinski definition) is 5. The molecule has 2 aliphatic heterocycles. The Hall–Kier alpha value is -1.88. The highest BCUT2D eigenvalue weighted by Crippen LogP contribution is 2.38.